The highest BCUT2D eigenvalue weighted by Crippen LogP contribution is 2.35. The monoisotopic (exact) mass is 303 g/mol. The second-order valence-electron chi connectivity index (χ2n) is 4.95. The van der Waals surface area contributed by atoms with Gasteiger partial charge in [-0.1, -0.05) is 0 Å². The number of benzene rings is 1. The number of ether oxygens (including phenoxy) is 1. The van der Waals surface area contributed by atoms with Crippen LogP contribution in [-0.4, -0.2) is 37.4 Å². The maximum atomic E-state index is 13.0. The molecule has 1 aromatic carbocycles. The summed E-state index contributed by atoms with van der Waals surface area (Å²) in [4.78, 5) is 12.7. The molecule has 0 saturated carbocycles. The number of halogens is 3. The van der Waals surface area contributed by atoms with Crippen LogP contribution in [0.4, 0.5) is 18.9 Å². The molecule has 0 amide bonds. The van der Waals surface area contributed by atoms with Gasteiger partial charge in [0.25, 0.3) is 0 Å². The molecule has 0 spiro atoms. The molecule has 21 heavy (non-hydrogen) atoms. The molecule has 1 aliphatic heterocycles. The Morgan fingerprint density at radius 1 is 1.33 bits per heavy atom. The van der Waals surface area contributed by atoms with E-state index in [1.165, 1.54) is 6.07 Å². The molecule has 1 saturated heterocycles. The summed E-state index contributed by atoms with van der Waals surface area (Å²) in [6.07, 6.45) is -3.09. The van der Waals surface area contributed by atoms with Crippen molar-refractivity contribution in [3.8, 4) is 0 Å². The Balaban J connectivity index is 2.28. The van der Waals surface area contributed by atoms with E-state index in [0.717, 1.165) is 25.0 Å². The summed E-state index contributed by atoms with van der Waals surface area (Å²) in [7, 11) is 1.61. The quantitative estimate of drug-likeness (QED) is 0.932. The molecule has 1 fully saturated rings. The van der Waals surface area contributed by atoms with Gasteiger partial charge in [0.05, 0.1) is 17.2 Å². The van der Waals surface area contributed by atoms with Gasteiger partial charge in [0.1, 0.15) is 0 Å². The minimum absolute atomic E-state index is 0.127. The summed E-state index contributed by atoms with van der Waals surface area (Å²) >= 11 is 0. The first-order valence-corrected chi connectivity index (χ1v) is 6.55. The Kier molecular flexibility index (Phi) is 4.41. The van der Waals surface area contributed by atoms with E-state index in [1.807, 2.05) is 4.90 Å². The molecule has 0 unspecified atom stereocenters. The Labute approximate surface area is 120 Å². The topological polar surface area (TPSA) is 49.8 Å². The van der Waals surface area contributed by atoms with Crippen molar-refractivity contribution < 1.29 is 27.8 Å². The number of piperidine rings is 1. The van der Waals surface area contributed by atoms with Crippen molar-refractivity contribution in [1.29, 1.82) is 0 Å². The molecule has 0 atom stereocenters. The van der Waals surface area contributed by atoms with Crippen LogP contribution in [0, 0.1) is 0 Å². The van der Waals surface area contributed by atoms with Gasteiger partial charge in [-0.15, -0.1) is 0 Å². The Morgan fingerprint density at radius 2 is 1.95 bits per heavy atom. The third-order valence-corrected chi connectivity index (χ3v) is 3.68. The number of methoxy groups -OCH3 is 1. The number of carbonyl (C=O) groups is 1. The standard InChI is InChI=1S/C14H16F3NO3/c1-21-10-4-6-18(7-5-10)9-2-3-11(13(19)20)12(8-9)14(15,16)17/h2-3,8,10H,4-7H2,1H3,(H,19,20). The Morgan fingerprint density at radius 3 is 2.43 bits per heavy atom. The van der Waals surface area contributed by atoms with Gasteiger partial charge >= 0.3 is 12.1 Å². The number of anilines is 1. The predicted molar refractivity (Wildman–Crippen MR) is 70.6 cm³/mol. The lowest BCUT2D eigenvalue weighted by molar-refractivity contribution is -0.138. The fraction of sp³-hybridized carbons (Fsp3) is 0.500. The van der Waals surface area contributed by atoms with Gasteiger partial charge in [0.2, 0.25) is 0 Å². The van der Waals surface area contributed by atoms with Crippen LogP contribution in [0.25, 0.3) is 0 Å². The van der Waals surface area contributed by atoms with E-state index >= 15 is 0 Å². The summed E-state index contributed by atoms with van der Waals surface area (Å²) in [6.45, 7) is 1.17. The number of hydrogen-bond donors (Lipinski definition) is 1. The second-order valence-corrected chi connectivity index (χ2v) is 4.95. The maximum absolute atomic E-state index is 13.0. The first-order valence-electron chi connectivity index (χ1n) is 6.55. The van der Waals surface area contributed by atoms with Crippen LogP contribution < -0.4 is 4.90 Å². The van der Waals surface area contributed by atoms with Crippen LogP contribution in [-0.2, 0) is 10.9 Å². The molecule has 7 heteroatoms. The number of nitrogens with zero attached hydrogens (tertiary/aromatic N) is 1. The average Bonchev–Trinajstić information content (AvgIpc) is 2.45. The van der Waals surface area contributed by atoms with Gasteiger partial charge in [-0.05, 0) is 31.0 Å². The summed E-state index contributed by atoms with van der Waals surface area (Å²) < 4.78 is 44.1. The third kappa shape index (κ3) is 3.47. The first-order chi connectivity index (χ1) is 9.82. The van der Waals surface area contributed by atoms with E-state index in [-0.39, 0.29) is 6.10 Å². The molecule has 1 aromatic rings. The van der Waals surface area contributed by atoms with E-state index < -0.39 is 23.3 Å². The van der Waals surface area contributed by atoms with Crippen LogP contribution >= 0.6 is 0 Å². The van der Waals surface area contributed by atoms with Gasteiger partial charge < -0.3 is 14.7 Å². The Bertz CT molecular complexity index is 523. The SMILES string of the molecule is COC1CCN(c2ccc(C(=O)O)c(C(F)(F)F)c2)CC1. The molecule has 0 radical (unpaired) electrons. The molecule has 116 valence electrons. The fourth-order valence-electron chi connectivity index (χ4n) is 2.50. The normalized spacial score (nSPS) is 17.0. The van der Waals surface area contributed by atoms with Crippen molar-refractivity contribution in [1.82, 2.24) is 0 Å². The number of carboxylic acids is 1. The highest BCUT2D eigenvalue weighted by Gasteiger charge is 2.36. The molecule has 2 rings (SSSR count). The van der Waals surface area contributed by atoms with Crippen molar-refractivity contribution >= 4 is 11.7 Å². The number of carboxylic acid groups (broad SMARTS) is 1. The lowest BCUT2D eigenvalue weighted by Crippen LogP contribution is -2.36. The number of aromatic carboxylic acids is 1. The zero-order chi connectivity index (χ0) is 15.6. The lowest BCUT2D eigenvalue weighted by atomic mass is 10.0. The minimum Gasteiger partial charge on any atom is -0.478 e. The van der Waals surface area contributed by atoms with Crippen LogP contribution in [0.1, 0.15) is 28.8 Å². The molecule has 1 N–H and O–H groups in total. The van der Waals surface area contributed by atoms with E-state index in [2.05, 4.69) is 0 Å². The van der Waals surface area contributed by atoms with E-state index in [9.17, 15) is 18.0 Å². The van der Waals surface area contributed by atoms with Gasteiger partial charge in [-0.2, -0.15) is 13.2 Å². The van der Waals surface area contributed by atoms with Crippen molar-refractivity contribution in [2.24, 2.45) is 0 Å². The second kappa shape index (κ2) is 5.93. The van der Waals surface area contributed by atoms with E-state index in [0.29, 0.717) is 18.8 Å². The summed E-state index contributed by atoms with van der Waals surface area (Å²) in [5.41, 5.74) is -1.44. The Hall–Kier alpha value is -1.76. The van der Waals surface area contributed by atoms with Gasteiger partial charge in [-0.3, -0.25) is 0 Å². The van der Waals surface area contributed by atoms with Crippen LogP contribution in [0.15, 0.2) is 18.2 Å². The van der Waals surface area contributed by atoms with Gasteiger partial charge in [-0.25, -0.2) is 4.79 Å². The fourth-order valence-corrected chi connectivity index (χ4v) is 2.50. The third-order valence-electron chi connectivity index (χ3n) is 3.68. The maximum Gasteiger partial charge on any atom is 0.417 e. The van der Waals surface area contributed by atoms with Crippen molar-refractivity contribution in [3.63, 3.8) is 0 Å². The van der Waals surface area contributed by atoms with Gasteiger partial charge in [0, 0.05) is 25.9 Å². The average molecular weight is 303 g/mol. The molecule has 0 aromatic heterocycles. The zero-order valence-electron chi connectivity index (χ0n) is 11.5. The first kappa shape index (κ1) is 15.6. The van der Waals surface area contributed by atoms with Crippen molar-refractivity contribution in [3.05, 3.63) is 29.3 Å². The van der Waals surface area contributed by atoms with Crippen LogP contribution in [0.2, 0.25) is 0 Å². The molecule has 1 heterocycles. The number of alkyl halides is 3. The lowest BCUT2D eigenvalue weighted by Gasteiger charge is -2.33. The largest absolute Gasteiger partial charge is 0.478 e. The van der Waals surface area contributed by atoms with Crippen LogP contribution in [0.3, 0.4) is 0 Å². The molecular formula is C14H16F3NO3. The van der Waals surface area contributed by atoms with Gasteiger partial charge in [0.15, 0.2) is 0 Å². The summed E-state index contributed by atoms with van der Waals surface area (Å²) in [6, 6.07) is 3.35. The van der Waals surface area contributed by atoms with E-state index in [4.69, 9.17) is 9.84 Å². The molecule has 4 nitrogen and oxygen atoms in total. The number of hydrogen-bond acceptors (Lipinski definition) is 3. The van der Waals surface area contributed by atoms with Crippen molar-refractivity contribution in [2.75, 3.05) is 25.1 Å². The molecule has 0 bridgehead atoms. The molecule has 1 aliphatic rings. The predicted octanol–water partition coefficient (Wildman–Crippen LogP) is 3.02. The summed E-state index contributed by atoms with van der Waals surface area (Å²) in [5.74, 6) is -1.58. The van der Waals surface area contributed by atoms with Crippen LogP contribution in [0.5, 0.6) is 0 Å². The van der Waals surface area contributed by atoms with E-state index in [1.54, 1.807) is 7.11 Å². The van der Waals surface area contributed by atoms with Crippen molar-refractivity contribution in [2.45, 2.75) is 25.1 Å². The highest BCUT2D eigenvalue weighted by molar-refractivity contribution is 5.90. The molecular weight excluding hydrogens is 287 g/mol. The zero-order valence-corrected chi connectivity index (χ0v) is 11.5. The summed E-state index contributed by atoms with van der Waals surface area (Å²) in [5, 5.41) is 8.87. The minimum atomic E-state index is -4.69. The highest BCUT2D eigenvalue weighted by atomic mass is 19.4. The molecule has 0 aliphatic carbocycles. The smallest absolute Gasteiger partial charge is 0.417 e. The number of rotatable bonds is 3.